The summed E-state index contributed by atoms with van der Waals surface area (Å²) in [5.74, 6) is 0.256. The summed E-state index contributed by atoms with van der Waals surface area (Å²) in [7, 11) is 1.73. The highest BCUT2D eigenvalue weighted by Gasteiger charge is 2.30. The lowest BCUT2D eigenvalue weighted by Crippen LogP contribution is -2.51. The third kappa shape index (κ3) is 3.46. The van der Waals surface area contributed by atoms with E-state index in [0.717, 1.165) is 32.2 Å². The summed E-state index contributed by atoms with van der Waals surface area (Å²) in [5.41, 5.74) is 5.73. The van der Waals surface area contributed by atoms with Gasteiger partial charge in [-0.3, -0.25) is 4.79 Å². The Bertz CT molecular complexity index is 221. The van der Waals surface area contributed by atoms with Crippen LogP contribution in [0.4, 0.5) is 0 Å². The Morgan fingerprint density at radius 1 is 1.56 bits per heavy atom. The van der Waals surface area contributed by atoms with Crippen LogP contribution in [0.15, 0.2) is 0 Å². The van der Waals surface area contributed by atoms with Crippen molar-refractivity contribution in [2.24, 2.45) is 5.73 Å². The molecule has 4 nitrogen and oxygen atoms in total. The summed E-state index contributed by atoms with van der Waals surface area (Å²) in [5, 5.41) is 0. The Morgan fingerprint density at radius 3 is 2.88 bits per heavy atom. The van der Waals surface area contributed by atoms with Crippen LogP contribution in [-0.4, -0.2) is 43.2 Å². The lowest BCUT2D eigenvalue weighted by molar-refractivity contribution is -0.136. The molecule has 1 amide bonds. The Labute approximate surface area is 98.1 Å². The van der Waals surface area contributed by atoms with E-state index in [1.165, 1.54) is 0 Å². The van der Waals surface area contributed by atoms with Gasteiger partial charge in [-0.1, -0.05) is 13.3 Å². The van der Waals surface area contributed by atoms with Gasteiger partial charge < -0.3 is 15.4 Å². The third-order valence-electron chi connectivity index (χ3n) is 3.34. The molecular weight excluding hydrogens is 204 g/mol. The van der Waals surface area contributed by atoms with Gasteiger partial charge in [0.15, 0.2) is 0 Å². The van der Waals surface area contributed by atoms with Gasteiger partial charge in [-0.2, -0.15) is 0 Å². The number of nitrogens with zero attached hydrogens (tertiary/aromatic N) is 1. The Morgan fingerprint density at radius 2 is 2.31 bits per heavy atom. The molecule has 1 saturated heterocycles. The van der Waals surface area contributed by atoms with Crippen molar-refractivity contribution in [3.05, 3.63) is 0 Å². The van der Waals surface area contributed by atoms with Crippen molar-refractivity contribution in [2.75, 3.05) is 20.2 Å². The molecule has 0 aromatic carbocycles. The second-order valence-corrected chi connectivity index (χ2v) is 4.46. The van der Waals surface area contributed by atoms with Gasteiger partial charge >= 0.3 is 0 Å². The molecule has 1 rings (SSSR count). The van der Waals surface area contributed by atoms with E-state index in [0.29, 0.717) is 13.0 Å². The molecule has 1 heterocycles. The number of piperidine rings is 1. The highest BCUT2D eigenvalue weighted by atomic mass is 16.5. The van der Waals surface area contributed by atoms with Gasteiger partial charge in [0.1, 0.15) is 0 Å². The van der Waals surface area contributed by atoms with Crippen LogP contribution in [-0.2, 0) is 9.53 Å². The molecule has 0 radical (unpaired) electrons. The van der Waals surface area contributed by atoms with E-state index in [-0.39, 0.29) is 18.1 Å². The molecule has 1 aliphatic rings. The molecule has 2 atom stereocenters. The average molecular weight is 228 g/mol. The molecule has 4 heteroatoms. The fraction of sp³-hybridized carbons (Fsp3) is 0.917. The van der Waals surface area contributed by atoms with E-state index in [4.69, 9.17) is 10.5 Å². The number of amides is 1. The van der Waals surface area contributed by atoms with Gasteiger partial charge in [0.05, 0.1) is 6.10 Å². The molecule has 0 saturated carbocycles. The number of carbonyl (C=O) groups excluding carboxylic acids is 1. The number of unbranched alkanes of at least 4 members (excludes halogenated alkanes) is 1. The van der Waals surface area contributed by atoms with Crippen LogP contribution in [0.5, 0.6) is 0 Å². The van der Waals surface area contributed by atoms with Crippen LogP contribution in [0.25, 0.3) is 0 Å². The lowest BCUT2D eigenvalue weighted by Gasteiger charge is -2.38. The Hall–Kier alpha value is -0.610. The van der Waals surface area contributed by atoms with Gasteiger partial charge in [-0.25, -0.2) is 0 Å². The van der Waals surface area contributed by atoms with Gasteiger partial charge in [0.2, 0.25) is 5.91 Å². The molecule has 0 spiro atoms. The smallest absolute Gasteiger partial charge is 0.222 e. The molecule has 16 heavy (non-hydrogen) atoms. The SMILES string of the molecule is CCCCC(=O)N1CCC(OC)CC1CN. The maximum atomic E-state index is 12.0. The van der Waals surface area contributed by atoms with E-state index in [9.17, 15) is 4.79 Å². The number of likely N-dealkylation sites (tertiary alicyclic amines) is 1. The van der Waals surface area contributed by atoms with E-state index < -0.39 is 0 Å². The highest BCUT2D eigenvalue weighted by Crippen LogP contribution is 2.20. The highest BCUT2D eigenvalue weighted by molar-refractivity contribution is 5.76. The molecular formula is C12H24N2O2. The quantitative estimate of drug-likeness (QED) is 0.767. The summed E-state index contributed by atoms with van der Waals surface area (Å²) >= 11 is 0. The molecule has 0 bridgehead atoms. The van der Waals surface area contributed by atoms with Crippen molar-refractivity contribution in [2.45, 2.75) is 51.2 Å². The molecule has 0 aromatic heterocycles. The second kappa shape index (κ2) is 6.86. The molecule has 2 N–H and O–H groups in total. The molecule has 94 valence electrons. The van der Waals surface area contributed by atoms with Gasteiger partial charge in [-0.15, -0.1) is 0 Å². The molecule has 2 unspecified atom stereocenters. The van der Waals surface area contributed by atoms with E-state index in [1.807, 2.05) is 4.90 Å². The Kier molecular flexibility index (Phi) is 5.77. The van der Waals surface area contributed by atoms with Gasteiger partial charge in [0.25, 0.3) is 0 Å². The van der Waals surface area contributed by atoms with Gasteiger partial charge in [-0.05, 0) is 19.3 Å². The zero-order valence-corrected chi connectivity index (χ0v) is 10.4. The zero-order valence-electron chi connectivity index (χ0n) is 10.4. The first-order chi connectivity index (χ1) is 7.72. The minimum Gasteiger partial charge on any atom is -0.381 e. The fourth-order valence-corrected chi connectivity index (χ4v) is 2.25. The largest absolute Gasteiger partial charge is 0.381 e. The molecule has 1 aliphatic heterocycles. The van der Waals surface area contributed by atoms with Crippen LogP contribution in [0.1, 0.15) is 39.0 Å². The summed E-state index contributed by atoms with van der Waals surface area (Å²) < 4.78 is 5.34. The van der Waals surface area contributed by atoms with Crippen molar-refractivity contribution in [1.29, 1.82) is 0 Å². The first-order valence-electron chi connectivity index (χ1n) is 6.25. The first-order valence-corrected chi connectivity index (χ1v) is 6.25. The molecule has 1 fully saturated rings. The lowest BCUT2D eigenvalue weighted by atomic mass is 9.98. The first kappa shape index (κ1) is 13.5. The van der Waals surface area contributed by atoms with Crippen molar-refractivity contribution in [1.82, 2.24) is 4.90 Å². The van der Waals surface area contributed by atoms with Crippen LogP contribution in [0.2, 0.25) is 0 Å². The topological polar surface area (TPSA) is 55.6 Å². The average Bonchev–Trinajstić information content (AvgIpc) is 2.34. The number of methoxy groups -OCH3 is 1. The summed E-state index contributed by atoms with van der Waals surface area (Å²) in [6.07, 6.45) is 4.78. The predicted molar refractivity (Wildman–Crippen MR) is 64.1 cm³/mol. The maximum absolute atomic E-state index is 12.0. The van der Waals surface area contributed by atoms with Crippen LogP contribution in [0.3, 0.4) is 0 Å². The van der Waals surface area contributed by atoms with Crippen molar-refractivity contribution in [3.8, 4) is 0 Å². The van der Waals surface area contributed by atoms with Crippen LogP contribution >= 0.6 is 0 Å². The van der Waals surface area contributed by atoms with E-state index in [1.54, 1.807) is 7.11 Å². The summed E-state index contributed by atoms with van der Waals surface area (Å²) in [4.78, 5) is 13.9. The number of nitrogens with two attached hydrogens (primary N) is 1. The monoisotopic (exact) mass is 228 g/mol. The third-order valence-corrected chi connectivity index (χ3v) is 3.34. The number of hydrogen-bond acceptors (Lipinski definition) is 3. The molecule has 0 aromatic rings. The van der Waals surface area contributed by atoms with Crippen LogP contribution < -0.4 is 5.73 Å². The minimum absolute atomic E-state index is 0.169. The normalized spacial score (nSPS) is 25.8. The van der Waals surface area contributed by atoms with Crippen LogP contribution in [0, 0.1) is 0 Å². The number of carbonyl (C=O) groups is 1. The van der Waals surface area contributed by atoms with E-state index in [2.05, 4.69) is 6.92 Å². The van der Waals surface area contributed by atoms with E-state index >= 15 is 0 Å². The second-order valence-electron chi connectivity index (χ2n) is 4.46. The zero-order chi connectivity index (χ0) is 12.0. The molecule has 0 aliphatic carbocycles. The maximum Gasteiger partial charge on any atom is 0.222 e. The predicted octanol–water partition coefficient (Wildman–Crippen LogP) is 1.14. The number of ether oxygens (including phenoxy) is 1. The van der Waals surface area contributed by atoms with Crippen molar-refractivity contribution in [3.63, 3.8) is 0 Å². The standard InChI is InChI=1S/C12H24N2O2/c1-3-4-5-12(15)14-7-6-11(16-2)8-10(14)9-13/h10-11H,3-9,13H2,1-2H3. The summed E-state index contributed by atoms with van der Waals surface area (Å²) in [6.45, 7) is 3.44. The summed E-state index contributed by atoms with van der Waals surface area (Å²) in [6, 6.07) is 0.169. The van der Waals surface area contributed by atoms with Crippen molar-refractivity contribution < 1.29 is 9.53 Å². The Balaban J connectivity index is 2.49. The number of rotatable bonds is 5. The number of hydrogen-bond donors (Lipinski definition) is 1. The van der Waals surface area contributed by atoms with Gasteiger partial charge in [0, 0.05) is 32.7 Å². The minimum atomic E-state index is 0.169. The van der Waals surface area contributed by atoms with Crippen molar-refractivity contribution >= 4 is 5.91 Å². The fourth-order valence-electron chi connectivity index (χ4n) is 2.25.